The zero-order valence-electron chi connectivity index (χ0n) is 9.74. The van der Waals surface area contributed by atoms with Crippen molar-refractivity contribution < 1.29 is 0 Å². The van der Waals surface area contributed by atoms with Gasteiger partial charge in [0, 0.05) is 9.77 Å². The molecule has 1 aromatic heterocycles. The van der Waals surface area contributed by atoms with Gasteiger partial charge in [0.15, 0.2) is 0 Å². The second kappa shape index (κ2) is 6.05. The van der Waals surface area contributed by atoms with Gasteiger partial charge in [-0.25, -0.2) is 0 Å². The van der Waals surface area contributed by atoms with Gasteiger partial charge < -0.3 is 5.32 Å². The van der Waals surface area contributed by atoms with Gasteiger partial charge in [0.1, 0.15) is 0 Å². The largest absolute Gasteiger partial charge is 0.309 e. The van der Waals surface area contributed by atoms with Crippen molar-refractivity contribution in [2.45, 2.75) is 10.9 Å². The normalized spacial score (nSPS) is 12.6. The summed E-state index contributed by atoms with van der Waals surface area (Å²) in [7, 11) is 2.01. The molecule has 0 saturated heterocycles. The van der Waals surface area contributed by atoms with Gasteiger partial charge in [0.05, 0.1) is 9.83 Å². The average Bonchev–Trinajstić information content (AvgIpc) is 2.77. The van der Waals surface area contributed by atoms with Crippen LogP contribution in [-0.2, 0) is 0 Å². The summed E-state index contributed by atoms with van der Waals surface area (Å²) in [6.45, 7) is 0. The molecule has 1 nitrogen and oxygen atoms in total. The maximum atomic E-state index is 3.52. The Kier molecular flexibility index (Phi) is 4.68. The molecular weight excluding hydrogens is 314 g/mol. The summed E-state index contributed by atoms with van der Waals surface area (Å²) in [4.78, 5) is 2.66. The monoisotopic (exact) mass is 327 g/mol. The van der Waals surface area contributed by atoms with Crippen LogP contribution in [0.3, 0.4) is 0 Å². The van der Waals surface area contributed by atoms with Crippen LogP contribution in [0.5, 0.6) is 0 Å². The zero-order chi connectivity index (χ0) is 12.3. The molecule has 1 heterocycles. The van der Waals surface area contributed by atoms with Crippen LogP contribution in [0.25, 0.3) is 0 Å². The number of hydrogen-bond donors (Lipinski definition) is 1. The van der Waals surface area contributed by atoms with Crippen LogP contribution < -0.4 is 5.32 Å². The predicted molar refractivity (Wildman–Crippen MR) is 81.1 cm³/mol. The molecule has 1 aromatic carbocycles. The molecule has 4 heteroatoms. The van der Waals surface area contributed by atoms with Gasteiger partial charge in [-0.3, -0.25) is 0 Å². The Morgan fingerprint density at radius 2 is 2.00 bits per heavy atom. The number of halogens is 1. The highest BCUT2D eigenvalue weighted by molar-refractivity contribution is 9.11. The predicted octanol–water partition coefficient (Wildman–Crippen LogP) is 4.54. The first-order valence-electron chi connectivity index (χ1n) is 5.31. The van der Waals surface area contributed by atoms with E-state index < -0.39 is 0 Å². The third-order valence-electron chi connectivity index (χ3n) is 2.62. The number of benzene rings is 1. The molecule has 0 bridgehead atoms. The Bertz CT molecular complexity index is 496. The molecule has 2 rings (SSSR count). The molecule has 17 heavy (non-hydrogen) atoms. The third kappa shape index (κ3) is 2.94. The van der Waals surface area contributed by atoms with Crippen molar-refractivity contribution in [2.24, 2.45) is 0 Å². The average molecular weight is 328 g/mol. The number of rotatable bonds is 4. The quantitative estimate of drug-likeness (QED) is 0.827. The van der Waals surface area contributed by atoms with E-state index in [1.54, 1.807) is 23.1 Å². The van der Waals surface area contributed by atoms with Gasteiger partial charge in [-0.1, -0.05) is 18.2 Å². The molecular formula is C13H14BrNS2. The van der Waals surface area contributed by atoms with E-state index in [2.05, 4.69) is 63.9 Å². The molecule has 0 saturated carbocycles. The summed E-state index contributed by atoms with van der Waals surface area (Å²) in [5, 5.41) is 3.40. The molecule has 0 amide bonds. The lowest BCUT2D eigenvalue weighted by Crippen LogP contribution is -2.17. The van der Waals surface area contributed by atoms with Crippen molar-refractivity contribution in [2.75, 3.05) is 13.3 Å². The Labute approximate surface area is 119 Å². The van der Waals surface area contributed by atoms with E-state index in [9.17, 15) is 0 Å². The summed E-state index contributed by atoms with van der Waals surface area (Å²) >= 11 is 7.10. The number of thiophene rings is 1. The minimum atomic E-state index is 0.273. The Balaban J connectivity index is 2.41. The Hall–Kier alpha value is -0.290. The first kappa shape index (κ1) is 13.1. The van der Waals surface area contributed by atoms with Crippen LogP contribution in [0, 0.1) is 0 Å². The van der Waals surface area contributed by atoms with Crippen LogP contribution in [-0.4, -0.2) is 13.3 Å². The summed E-state index contributed by atoms with van der Waals surface area (Å²) in [5.41, 5.74) is 1.34. The SMILES string of the molecule is CNC(c1ccc(Br)s1)c1ccccc1SC. The van der Waals surface area contributed by atoms with Gasteiger partial charge in [0.2, 0.25) is 0 Å². The van der Waals surface area contributed by atoms with Crippen molar-refractivity contribution in [3.8, 4) is 0 Å². The van der Waals surface area contributed by atoms with E-state index in [1.165, 1.54) is 19.1 Å². The highest BCUT2D eigenvalue weighted by Gasteiger charge is 2.16. The molecule has 0 spiro atoms. The first-order chi connectivity index (χ1) is 8.26. The van der Waals surface area contributed by atoms with Crippen LogP contribution >= 0.6 is 39.0 Å². The second-order valence-electron chi connectivity index (χ2n) is 3.61. The zero-order valence-corrected chi connectivity index (χ0v) is 13.0. The Morgan fingerprint density at radius 3 is 2.59 bits per heavy atom. The molecule has 2 aromatic rings. The minimum absolute atomic E-state index is 0.273. The smallest absolute Gasteiger partial charge is 0.0702 e. The Morgan fingerprint density at radius 1 is 1.24 bits per heavy atom. The van der Waals surface area contributed by atoms with Gasteiger partial charge in [-0.15, -0.1) is 23.1 Å². The van der Waals surface area contributed by atoms with Crippen molar-refractivity contribution in [3.63, 3.8) is 0 Å². The van der Waals surface area contributed by atoms with E-state index in [4.69, 9.17) is 0 Å². The first-order valence-corrected chi connectivity index (χ1v) is 8.15. The summed E-state index contributed by atoms with van der Waals surface area (Å²) in [5.74, 6) is 0. The van der Waals surface area contributed by atoms with Crippen LogP contribution in [0.2, 0.25) is 0 Å². The molecule has 90 valence electrons. The van der Waals surface area contributed by atoms with E-state index in [0.717, 1.165) is 0 Å². The van der Waals surface area contributed by atoms with E-state index >= 15 is 0 Å². The van der Waals surface area contributed by atoms with Crippen LogP contribution in [0.1, 0.15) is 16.5 Å². The second-order valence-corrected chi connectivity index (χ2v) is 6.95. The number of nitrogens with one attached hydrogen (secondary N) is 1. The molecule has 1 unspecified atom stereocenters. The van der Waals surface area contributed by atoms with Crippen LogP contribution in [0.4, 0.5) is 0 Å². The van der Waals surface area contributed by atoms with Crippen LogP contribution in [0.15, 0.2) is 45.1 Å². The highest BCUT2D eigenvalue weighted by atomic mass is 79.9. The summed E-state index contributed by atoms with van der Waals surface area (Å²) in [6.07, 6.45) is 2.12. The number of hydrogen-bond acceptors (Lipinski definition) is 3. The molecule has 0 aliphatic carbocycles. The molecule has 0 radical (unpaired) electrons. The van der Waals surface area contributed by atoms with Gasteiger partial charge in [0.25, 0.3) is 0 Å². The van der Waals surface area contributed by atoms with Gasteiger partial charge >= 0.3 is 0 Å². The summed E-state index contributed by atoms with van der Waals surface area (Å²) < 4.78 is 1.18. The lowest BCUT2D eigenvalue weighted by atomic mass is 10.1. The van der Waals surface area contributed by atoms with E-state index in [1.807, 2.05) is 7.05 Å². The van der Waals surface area contributed by atoms with Crippen molar-refractivity contribution in [1.29, 1.82) is 0 Å². The topological polar surface area (TPSA) is 12.0 Å². The van der Waals surface area contributed by atoms with Gasteiger partial charge in [-0.2, -0.15) is 0 Å². The van der Waals surface area contributed by atoms with Gasteiger partial charge in [-0.05, 0) is 53.0 Å². The maximum absolute atomic E-state index is 3.52. The molecule has 1 N–H and O–H groups in total. The van der Waals surface area contributed by atoms with E-state index in [-0.39, 0.29) is 6.04 Å². The van der Waals surface area contributed by atoms with Crippen molar-refractivity contribution in [3.05, 3.63) is 50.6 Å². The highest BCUT2D eigenvalue weighted by Crippen LogP contribution is 2.34. The van der Waals surface area contributed by atoms with E-state index in [0.29, 0.717) is 0 Å². The maximum Gasteiger partial charge on any atom is 0.0702 e. The molecule has 0 fully saturated rings. The van der Waals surface area contributed by atoms with Crippen molar-refractivity contribution in [1.82, 2.24) is 5.32 Å². The number of thioether (sulfide) groups is 1. The molecule has 0 aliphatic rings. The lowest BCUT2D eigenvalue weighted by molar-refractivity contribution is 0.692. The third-order valence-corrected chi connectivity index (χ3v) is 5.12. The molecule has 1 atom stereocenters. The lowest BCUT2D eigenvalue weighted by Gasteiger charge is -2.17. The summed E-state index contributed by atoms with van der Waals surface area (Å²) in [6, 6.07) is 13.1. The fourth-order valence-electron chi connectivity index (χ4n) is 1.84. The fraction of sp³-hybridized carbons (Fsp3) is 0.231. The standard InChI is InChI=1S/C13H14BrNS2/c1-15-13(11-7-8-12(14)17-11)9-5-3-4-6-10(9)16-2/h3-8,13,15H,1-2H3. The molecule has 0 aliphatic heterocycles. The van der Waals surface area contributed by atoms with Crippen molar-refractivity contribution >= 4 is 39.0 Å². The minimum Gasteiger partial charge on any atom is -0.309 e. The fourth-order valence-corrected chi connectivity index (χ4v) is 4.03.